The van der Waals surface area contributed by atoms with Gasteiger partial charge in [0.2, 0.25) is 5.91 Å². The number of aryl methyl sites for hydroxylation is 1. The topological polar surface area (TPSA) is 64.3 Å². The maximum absolute atomic E-state index is 13.2. The van der Waals surface area contributed by atoms with Crippen molar-refractivity contribution in [3.05, 3.63) is 65.0 Å². The fourth-order valence-electron chi connectivity index (χ4n) is 1.98. The van der Waals surface area contributed by atoms with Crippen molar-refractivity contribution in [1.29, 1.82) is 0 Å². The van der Waals surface area contributed by atoms with Gasteiger partial charge in [0.15, 0.2) is 0 Å². The molecule has 2 aromatic rings. The molecule has 0 unspecified atom stereocenters. The maximum Gasteiger partial charge on any atom is 0.238 e. The van der Waals surface area contributed by atoms with Crippen LogP contribution in [0.3, 0.4) is 0 Å². The number of hydrogen-bond donors (Lipinski definition) is 2. The van der Waals surface area contributed by atoms with Gasteiger partial charge in [-0.1, -0.05) is 30.3 Å². The lowest BCUT2D eigenvalue weighted by molar-refractivity contribution is -0.120. The van der Waals surface area contributed by atoms with Crippen LogP contribution in [0.5, 0.6) is 5.75 Å². The van der Waals surface area contributed by atoms with Gasteiger partial charge in [-0.05, 0) is 29.7 Å². The molecule has 3 N–H and O–H groups in total. The van der Waals surface area contributed by atoms with Crippen LogP contribution in [0.25, 0.3) is 0 Å². The largest absolute Gasteiger partial charge is 0.489 e. The Labute approximate surface area is 122 Å². The smallest absolute Gasteiger partial charge is 0.238 e. The molecule has 2 rings (SSSR count). The molecule has 0 aliphatic carbocycles. The van der Waals surface area contributed by atoms with E-state index in [1.54, 1.807) is 6.07 Å². The summed E-state index contributed by atoms with van der Waals surface area (Å²) in [5.41, 5.74) is 4.65. The van der Waals surface area contributed by atoms with Gasteiger partial charge in [-0.3, -0.25) is 10.2 Å². The second-order valence-electron chi connectivity index (χ2n) is 4.71. The van der Waals surface area contributed by atoms with Crippen molar-refractivity contribution >= 4 is 5.91 Å². The van der Waals surface area contributed by atoms with Gasteiger partial charge in [-0.25, -0.2) is 10.2 Å². The maximum atomic E-state index is 13.2. The number of hydrogen-bond acceptors (Lipinski definition) is 3. The van der Waals surface area contributed by atoms with E-state index in [2.05, 4.69) is 5.43 Å². The van der Waals surface area contributed by atoms with Crippen molar-refractivity contribution in [2.75, 3.05) is 0 Å². The first-order chi connectivity index (χ1) is 10.1. The molecule has 0 saturated heterocycles. The van der Waals surface area contributed by atoms with E-state index in [9.17, 15) is 9.18 Å². The standard InChI is InChI=1S/C16H17FN2O2/c1-11-6-7-14(17)9-15(11)21-10-13-5-3-2-4-12(13)8-16(20)19-18/h2-7,9H,8,10,18H2,1H3,(H,19,20). The zero-order chi connectivity index (χ0) is 15.2. The summed E-state index contributed by atoms with van der Waals surface area (Å²) in [6.07, 6.45) is 0.179. The van der Waals surface area contributed by atoms with Crippen molar-refractivity contribution in [3.63, 3.8) is 0 Å². The van der Waals surface area contributed by atoms with Crippen molar-refractivity contribution in [1.82, 2.24) is 5.43 Å². The van der Waals surface area contributed by atoms with Crippen LogP contribution in [-0.4, -0.2) is 5.91 Å². The quantitative estimate of drug-likeness (QED) is 0.504. The molecule has 0 spiro atoms. The molecule has 0 aliphatic rings. The first kappa shape index (κ1) is 15.0. The van der Waals surface area contributed by atoms with E-state index in [1.807, 2.05) is 31.2 Å². The second kappa shape index (κ2) is 6.85. The van der Waals surface area contributed by atoms with Crippen LogP contribution in [0, 0.1) is 12.7 Å². The zero-order valence-electron chi connectivity index (χ0n) is 11.7. The number of nitrogens with one attached hydrogen (secondary N) is 1. The number of carbonyl (C=O) groups is 1. The van der Waals surface area contributed by atoms with Crippen LogP contribution in [0.4, 0.5) is 4.39 Å². The number of carbonyl (C=O) groups excluding carboxylic acids is 1. The molecule has 1 amide bonds. The fourth-order valence-corrected chi connectivity index (χ4v) is 1.98. The summed E-state index contributed by atoms with van der Waals surface area (Å²) >= 11 is 0. The predicted molar refractivity (Wildman–Crippen MR) is 77.9 cm³/mol. The lowest BCUT2D eigenvalue weighted by Crippen LogP contribution is -2.31. The minimum Gasteiger partial charge on any atom is -0.489 e. The Morgan fingerprint density at radius 3 is 2.67 bits per heavy atom. The summed E-state index contributed by atoms with van der Waals surface area (Å²) in [7, 11) is 0. The van der Waals surface area contributed by atoms with Crippen molar-refractivity contribution in [2.45, 2.75) is 20.0 Å². The van der Waals surface area contributed by atoms with E-state index in [0.29, 0.717) is 5.75 Å². The van der Waals surface area contributed by atoms with Gasteiger partial charge in [-0.15, -0.1) is 0 Å². The Morgan fingerprint density at radius 2 is 1.95 bits per heavy atom. The fraction of sp³-hybridized carbons (Fsp3) is 0.188. The minimum atomic E-state index is -0.341. The van der Waals surface area contributed by atoms with Gasteiger partial charge in [0, 0.05) is 6.07 Å². The van der Waals surface area contributed by atoms with Crippen LogP contribution < -0.4 is 16.0 Å². The van der Waals surface area contributed by atoms with E-state index < -0.39 is 0 Å². The normalized spacial score (nSPS) is 10.2. The monoisotopic (exact) mass is 288 g/mol. The highest BCUT2D eigenvalue weighted by Crippen LogP contribution is 2.21. The highest BCUT2D eigenvalue weighted by atomic mass is 19.1. The van der Waals surface area contributed by atoms with Gasteiger partial charge in [0.05, 0.1) is 6.42 Å². The molecule has 0 bridgehead atoms. The average Bonchev–Trinajstić information content (AvgIpc) is 2.49. The lowest BCUT2D eigenvalue weighted by atomic mass is 10.0. The van der Waals surface area contributed by atoms with Crippen molar-refractivity contribution in [3.8, 4) is 5.75 Å². The van der Waals surface area contributed by atoms with Gasteiger partial charge in [0.25, 0.3) is 0 Å². The lowest BCUT2D eigenvalue weighted by Gasteiger charge is -2.12. The number of amides is 1. The first-order valence-corrected chi connectivity index (χ1v) is 6.55. The van der Waals surface area contributed by atoms with Crippen LogP contribution in [-0.2, 0) is 17.8 Å². The number of rotatable bonds is 5. The number of hydrazine groups is 1. The van der Waals surface area contributed by atoms with Crippen LogP contribution in [0.2, 0.25) is 0 Å². The average molecular weight is 288 g/mol. The van der Waals surface area contributed by atoms with Gasteiger partial charge in [0.1, 0.15) is 18.2 Å². The summed E-state index contributed by atoms with van der Waals surface area (Å²) < 4.78 is 18.9. The van der Waals surface area contributed by atoms with E-state index in [1.165, 1.54) is 12.1 Å². The molecule has 21 heavy (non-hydrogen) atoms. The molecule has 2 aromatic carbocycles. The van der Waals surface area contributed by atoms with Crippen LogP contribution in [0.1, 0.15) is 16.7 Å². The number of benzene rings is 2. The highest BCUT2D eigenvalue weighted by Gasteiger charge is 2.08. The molecule has 0 aromatic heterocycles. The Morgan fingerprint density at radius 1 is 1.24 bits per heavy atom. The van der Waals surface area contributed by atoms with E-state index in [4.69, 9.17) is 10.6 Å². The third kappa shape index (κ3) is 4.03. The highest BCUT2D eigenvalue weighted by molar-refractivity contribution is 5.78. The first-order valence-electron chi connectivity index (χ1n) is 6.55. The number of ether oxygens (including phenoxy) is 1. The SMILES string of the molecule is Cc1ccc(F)cc1OCc1ccccc1CC(=O)NN. The third-order valence-electron chi connectivity index (χ3n) is 3.16. The van der Waals surface area contributed by atoms with Gasteiger partial charge < -0.3 is 4.74 Å². The molecule has 0 aliphatic heterocycles. The zero-order valence-corrected chi connectivity index (χ0v) is 11.7. The summed E-state index contributed by atoms with van der Waals surface area (Å²) in [6.45, 7) is 2.11. The number of halogens is 1. The minimum absolute atomic E-state index is 0.179. The van der Waals surface area contributed by atoms with Crippen LogP contribution >= 0.6 is 0 Å². The summed E-state index contributed by atoms with van der Waals surface area (Å²) in [6, 6.07) is 11.8. The Bertz CT molecular complexity index is 644. The Balaban J connectivity index is 2.13. The van der Waals surface area contributed by atoms with E-state index in [-0.39, 0.29) is 24.8 Å². The molecular weight excluding hydrogens is 271 g/mol. The molecular formula is C16H17FN2O2. The van der Waals surface area contributed by atoms with Gasteiger partial charge in [-0.2, -0.15) is 0 Å². The van der Waals surface area contributed by atoms with Crippen molar-refractivity contribution in [2.24, 2.45) is 5.84 Å². The molecule has 0 atom stereocenters. The molecule has 4 nitrogen and oxygen atoms in total. The van der Waals surface area contributed by atoms with E-state index >= 15 is 0 Å². The third-order valence-corrected chi connectivity index (χ3v) is 3.16. The molecule has 0 fully saturated rings. The molecule has 110 valence electrons. The summed E-state index contributed by atoms with van der Waals surface area (Å²) in [4.78, 5) is 11.4. The van der Waals surface area contributed by atoms with Crippen molar-refractivity contribution < 1.29 is 13.9 Å². The van der Waals surface area contributed by atoms with Crippen LogP contribution in [0.15, 0.2) is 42.5 Å². The summed E-state index contributed by atoms with van der Waals surface area (Å²) in [5, 5.41) is 0. The van der Waals surface area contributed by atoms with Gasteiger partial charge >= 0.3 is 0 Å². The Kier molecular flexibility index (Phi) is 4.90. The molecule has 0 saturated carbocycles. The molecule has 5 heteroatoms. The molecule has 0 heterocycles. The predicted octanol–water partition coefficient (Wildman–Crippen LogP) is 2.25. The number of nitrogens with two attached hydrogens (primary N) is 1. The van der Waals surface area contributed by atoms with E-state index in [0.717, 1.165) is 16.7 Å². The Hall–Kier alpha value is -2.40. The summed E-state index contributed by atoms with van der Waals surface area (Å²) in [5.74, 6) is 4.98. The molecule has 0 radical (unpaired) electrons. The second-order valence-corrected chi connectivity index (χ2v) is 4.71.